The molecule has 1 aliphatic heterocycles. The van der Waals surface area contributed by atoms with Crippen molar-refractivity contribution in [1.82, 2.24) is 4.57 Å². The quantitative estimate of drug-likeness (QED) is 0.242. The zero-order chi connectivity index (χ0) is 30.1. The highest BCUT2D eigenvalue weighted by Crippen LogP contribution is 2.35. The number of carbonyl (C=O) groups is 2. The summed E-state index contributed by atoms with van der Waals surface area (Å²) in [7, 11) is 0. The highest BCUT2D eigenvalue weighted by molar-refractivity contribution is 7.07. The first-order valence-corrected chi connectivity index (χ1v) is 14.5. The molecule has 0 saturated heterocycles. The van der Waals surface area contributed by atoms with Gasteiger partial charge < -0.3 is 14.3 Å². The van der Waals surface area contributed by atoms with Gasteiger partial charge in [0.25, 0.3) is 5.56 Å². The summed E-state index contributed by atoms with van der Waals surface area (Å²) in [6.07, 6.45) is 1.61. The number of rotatable bonds is 7. The number of carbonyl (C=O) groups excluding carboxylic acids is 1. The van der Waals surface area contributed by atoms with E-state index in [0.29, 0.717) is 48.3 Å². The lowest BCUT2D eigenvalue weighted by molar-refractivity contribution is -0.138. The van der Waals surface area contributed by atoms with Gasteiger partial charge in [-0.2, -0.15) is 0 Å². The summed E-state index contributed by atoms with van der Waals surface area (Å²) in [6, 6.07) is 25.3. The van der Waals surface area contributed by atoms with E-state index < -0.39 is 18.0 Å². The lowest BCUT2D eigenvalue weighted by Gasteiger charge is -2.25. The Morgan fingerprint density at radius 2 is 1.77 bits per heavy atom. The maximum atomic E-state index is 14.0. The van der Waals surface area contributed by atoms with Crippen molar-refractivity contribution in [2.75, 3.05) is 6.61 Å². The Balaban J connectivity index is 1.54. The molecule has 10 heteroatoms. The van der Waals surface area contributed by atoms with Crippen LogP contribution in [0.4, 0.5) is 0 Å². The lowest BCUT2D eigenvalue weighted by atomic mass is 9.93. The van der Waals surface area contributed by atoms with Crippen LogP contribution >= 0.6 is 22.9 Å². The summed E-state index contributed by atoms with van der Waals surface area (Å²) in [5.41, 5.74) is 2.41. The number of nitrogens with zero attached hydrogens (tertiary/aromatic N) is 2. The molecule has 3 heterocycles. The minimum absolute atomic E-state index is 0.137. The van der Waals surface area contributed by atoms with E-state index in [4.69, 9.17) is 25.7 Å². The van der Waals surface area contributed by atoms with Crippen LogP contribution < -0.4 is 14.9 Å². The highest BCUT2D eigenvalue weighted by atomic mass is 35.5. The van der Waals surface area contributed by atoms with Gasteiger partial charge in [-0.05, 0) is 48.9 Å². The zero-order valence-electron chi connectivity index (χ0n) is 22.7. The molecule has 214 valence electrons. The molecule has 3 aromatic carbocycles. The average molecular weight is 611 g/mol. The smallest absolute Gasteiger partial charge is 0.338 e. The highest BCUT2D eigenvalue weighted by Gasteiger charge is 2.35. The van der Waals surface area contributed by atoms with Crippen molar-refractivity contribution in [3.63, 3.8) is 0 Å². The number of furan rings is 1. The number of thiazole rings is 1. The Morgan fingerprint density at radius 1 is 1.02 bits per heavy atom. The average Bonchev–Trinajstić information content (AvgIpc) is 3.61. The molecule has 5 aromatic rings. The second kappa shape index (κ2) is 11.7. The van der Waals surface area contributed by atoms with Gasteiger partial charge in [-0.25, -0.2) is 14.6 Å². The topological polar surface area (TPSA) is 111 Å². The number of carboxylic acids is 1. The fourth-order valence-electron chi connectivity index (χ4n) is 4.92. The largest absolute Gasteiger partial charge is 0.478 e. The number of hydrogen-bond acceptors (Lipinski definition) is 7. The van der Waals surface area contributed by atoms with Crippen LogP contribution in [-0.2, 0) is 9.53 Å². The molecule has 0 radical (unpaired) electrons. The third-order valence-electron chi connectivity index (χ3n) is 6.85. The molecule has 1 atom stereocenters. The molecular formula is C33H23ClN2O6S. The third-order valence-corrected chi connectivity index (χ3v) is 8.09. The molecule has 6 rings (SSSR count). The number of carboxylic acid groups (broad SMARTS) is 1. The van der Waals surface area contributed by atoms with Crippen LogP contribution in [0.3, 0.4) is 0 Å². The van der Waals surface area contributed by atoms with Crippen LogP contribution in [0.1, 0.15) is 40.2 Å². The van der Waals surface area contributed by atoms with E-state index in [1.807, 2.05) is 30.3 Å². The molecule has 2 aromatic heterocycles. The summed E-state index contributed by atoms with van der Waals surface area (Å²) in [6.45, 7) is 1.88. The molecule has 0 saturated carbocycles. The van der Waals surface area contributed by atoms with E-state index >= 15 is 0 Å². The van der Waals surface area contributed by atoms with Gasteiger partial charge in [-0.15, -0.1) is 0 Å². The molecule has 0 amide bonds. The number of hydrogen-bond donors (Lipinski definition) is 1. The molecular weight excluding hydrogens is 588 g/mol. The second-order valence-corrected chi connectivity index (χ2v) is 11.0. The number of esters is 1. The monoisotopic (exact) mass is 610 g/mol. The van der Waals surface area contributed by atoms with Gasteiger partial charge in [0.05, 0.1) is 34.0 Å². The summed E-state index contributed by atoms with van der Waals surface area (Å²) in [4.78, 5) is 44.2. The number of aromatic carboxylic acids is 1. The second-order valence-electron chi connectivity index (χ2n) is 9.57. The first kappa shape index (κ1) is 28.1. The van der Waals surface area contributed by atoms with Crippen molar-refractivity contribution in [3.8, 4) is 11.3 Å². The summed E-state index contributed by atoms with van der Waals surface area (Å²) in [5, 5.41) is 9.86. The molecule has 1 unspecified atom stereocenters. The van der Waals surface area contributed by atoms with Crippen molar-refractivity contribution in [2.45, 2.75) is 13.0 Å². The van der Waals surface area contributed by atoms with Crippen LogP contribution in [0.25, 0.3) is 23.1 Å². The fraction of sp³-hybridized carbons (Fsp3) is 0.0909. The van der Waals surface area contributed by atoms with E-state index in [-0.39, 0.29) is 23.3 Å². The predicted molar refractivity (Wildman–Crippen MR) is 164 cm³/mol. The molecule has 8 nitrogen and oxygen atoms in total. The molecule has 0 aliphatic carbocycles. The van der Waals surface area contributed by atoms with E-state index in [0.717, 1.165) is 0 Å². The molecule has 1 N–H and O–H groups in total. The Hall–Kier alpha value is -4.99. The molecule has 1 aliphatic rings. The summed E-state index contributed by atoms with van der Waals surface area (Å²) < 4.78 is 13.3. The van der Waals surface area contributed by atoms with Gasteiger partial charge in [-0.3, -0.25) is 9.36 Å². The Bertz CT molecular complexity index is 2070. The summed E-state index contributed by atoms with van der Waals surface area (Å²) >= 11 is 7.36. The lowest BCUT2D eigenvalue weighted by Crippen LogP contribution is -2.39. The van der Waals surface area contributed by atoms with Gasteiger partial charge in [0.15, 0.2) is 4.80 Å². The molecule has 0 bridgehead atoms. The van der Waals surface area contributed by atoms with Crippen LogP contribution in [-0.4, -0.2) is 28.2 Å². The van der Waals surface area contributed by atoms with Crippen molar-refractivity contribution >= 4 is 46.6 Å². The SMILES string of the molecule is CCOC(=O)C1=C(c2ccccc2)N=c2s/c(=C/c3ccc(-c4cccc(C(=O)O)c4)o3)c(=O)n2C1c1ccc(Cl)cc1. The zero-order valence-corrected chi connectivity index (χ0v) is 24.3. The van der Waals surface area contributed by atoms with E-state index in [1.54, 1.807) is 61.5 Å². The molecule has 0 spiro atoms. The Morgan fingerprint density at radius 3 is 2.49 bits per heavy atom. The number of benzene rings is 3. The van der Waals surface area contributed by atoms with E-state index in [1.165, 1.54) is 28.0 Å². The fourth-order valence-corrected chi connectivity index (χ4v) is 6.03. The van der Waals surface area contributed by atoms with Crippen molar-refractivity contribution in [3.05, 3.63) is 144 Å². The number of ether oxygens (including phenoxy) is 1. The Labute approximate surface area is 254 Å². The van der Waals surface area contributed by atoms with Crippen molar-refractivity contribution < 1.29 is 23.8 Å². The van der Waals surface area contributed by atoms with Crippen LogP contribution in [0.2, 0.25) is 5.02 Å². The van der Waals surface area contributed by atoms with Crippen LogP contribution in [0.15, 0.2) is 111 Å². The van der Waals surface area contributed by atoms with Gasteiger partial charge in [0, 0.05) is 22.2 Å². The van der Waals surface area contributed by atoms with Gasteiger partial charge in [0.1, 0.15) is 11.5 Å². The number of fused-ring (bicyclic) bond motifs is 1. The van der Waals surface area contributed by atoms with Crippen LogP contribution in [0, 0.1) is 0 Å². The van der Waals surface area contributed by atoms with Gasteiger partial charge >= 0.3 is 11.9 Å². The van der Waals surface area contributed by atoms with Gasteiger partial charge in [-0.1, -0.05) is 77.5 Å². The maximum absolute atomic E-state index is 14.0. The normalized spacial score (nSPS) is 14.7. The minimum Gasteiger partial charge on any atom is -0.478 e. The predicted octanol–water partition coefficient (Wildman–Crippen LogP) is 5.55. The number of halogens is 1. The molecule has 43 heavy (non-hydrogen) atoms. The van der Waals surface area contributed by atoms with Gasteiger partial charge in [0.2, 0.25) is 0 Å². The first-order chi connectivity index (χ1) is 20.8. The summed E-state index contributed by atoms with van der Waals surface area (Å²) in [5.74, 6) is -0.755. The van der Waals surface area contributed by atoms with Crippen molar-refractivity contribution in [1.29, 1.82) is 0 Å². The maximum Gasteiger partial charge on any atom is 0.338 e. The van der Waals surface area contributed by atoms with E-state index in [9.17, 15) is 19.5 Å². The molecule has 0 fully saturated rings. The van der Waals surface area contributed by atoms with Crippen LogP contribution in [0.5, 0.6) is 0 Å². The Kier molecular flexibility index (Phi) is 7.67. The van der Waals surface area contributed by atoms with E-state index in [2.05, 4.69) is 0 Å². The third kappa shape index (κ3) is 5.48. The number of aromatic nitrogens is 1. The first-order valence-electron chi connectivity index (χ1n) is 13.3. The van der Waals surface area contributed by atoms with Crippen molar-refractivity contribution in [2.24, 2.45) is 4.99 Å². The standard InChI is InChI=1S/C33H23ClN2O6S/c1-2-41-32(40)27-28(19-7-4-3-5-8-19)35-33-36(29(27)20-11-13-23(34)14-12-20)30(37)26(43-33)18-24-15-16-25(42-24)21-9-6-10-22(17-21)31(38)39/h3-18,29H,2H2,1H3,(H,38,39)/b26-18+. The minimum atomic E-state index is -1.04.